The third-order valence-electron chi connectivity index (χ3n) is 4.36. The molecule has 3 rings (SSSR count). The lowest BCUT2D eigenvalue weighted by Gasteiger charge is -2.37. The molecule has 5 atom stereocenters. The summed E-state index contributed by atoms with van der Waals surface area (Å²) in [5, 5.41) is 0. The van der Waals surface area contributed by atoms with Gasteiger partial charge in [0, 0.05) is 13.0 Å². The van der Waals surface area contributed by atoms with Crippen LogP contribution in [0.2, 0.25) is 0 Å². The predicted molar refractivity (Wildman–Crippen MR) is 76.9 cm³/mol. The van der Waals surface area contributed by atoms with E-state index >= 15 is 0 Å². The van der Waals surface area contributed by atoms with E-state index in [1.165, 1.54) is 0 Å². The Bertz CT molecular complexity index is 351. The summed E-state index contributed by atoms with van der Waals surface area (Å²) in [4.78, 5) is 0. The van der Waals surface area contributed by atoms with E-state index in [9.17, 15) is 0 Å². The van der Waals surface area contributed by atoms with Gasteiger partial charge in [0.25, 0.3) is 0 Å². The molecule has 0 bridgehead atoms. The molecule has 5 nitrogen and oxygen atoms in total. The Labute approximate surface area is 127 Å². The third-order valence-corrected chi connectivity index (χ3v) is 4.36. The molecule has 0 aromatic heterocycles. The zero-order valence-electron chi connectivity index (χ0n) is 13.8. The summed E-state index contributed by atoms with van der Waals surface area (Å²) in [6.07, 6.45) is 2.72. The molecule has 3 aliphatic rings. The highest BCUT2D eigenvalue weighted by Crippen LogP contribution is 2.44. The molecular weight excluding hydrogens is 272 g/mol. The summed E-state index contributed by atoms with van der Waals surface area (Å²) < 4.78 is 30.4. The van der Waals surface area contributed by atoms with Crippen LogP contribution < -0.4 is 0 Å². The van der Waals surface area contributed by atoms with Crippen LogP contribution in [0.4, 0.5) is 0 Å². The van der Waals surface area contributed by atoms with Crippen LogP contribution in [0.15, 0.2) is 0 Å². The van der Waals surface area contributed by atoms with Crippen molar-refractivity contribution in [3.8, 4) is 0 Å². The molecule has 3 fully saturated rings. The van der Waals surface area contributed by atoms with Crippen molar-refractivity contribution in [2.45, 2.75) is 96.0 Å². The molecule has 0 spiro atoms. The van der Waals surface area contributed by atoms with Crippen LogP contribution in [0, 0.1) is 0 Å². The number of ether oxygens (including phenoxy) is 5. The van der Waals surface area contributed by atoms with Gasteiger partial charge in [-0.3, -0.25) is 0 Å². The van der Waals surface area contributed by atoms with Crippen LogP contribution in [0.25, 0.3) is 0 Å². The van der Waals surface area contributed by atoms with E-state index in [0.29, 0.717) is 0 Å². The number of fused-ring (bicyclic) bond motifs is 2. The van der Waals surface area contributed by atoms with E-state index < -0.39 is 11.6 Å². The van der Waals surface area contributed by atoms with Crippen LogP contribution in [0.1, 0.15) is 53.9 Å². The topological polar surface area (TPSA) is 46.2 Å². The van der Waals surface area contributed by atoms with Gasteiger partial charge in [-0.1, -0.05) is 13.3 Å². The Kier molecular flexibility index (Phi) is 4.08. The Morgan fingerprint density at radius 1 is 0.905 bits per heavy atom. The summed E-state index contributed by atoms with van der Waals surface area (Å²) >= 11 is 0. The van der Waals surface area contributed by atoms with Crippen LogP contribution in [0.3, 0.4) is 0 Å². The van der Waals surface area contributed by atoms with Crippen LogP contribution in [0.5, 0.6) is 0 Å². The minimum atomic E-state index is -0.560. The standard InChI is InChI=1S/C16H28O5/c1-6-7-8-17-14-12-10(18-15(2,3)20-12)9-11-13(14)21-16(4,5)19-11/h10-14H,6-9H2,1-5H3/t10-,11+,12+,13-,14?. The molecule has 122 valence electrons. The van der Waals surface area contributed by atoms with Crippen LogP contribution in [-0.4, -0.2) is 48.7 Å². The molecule has 0 aromatic carbocycles. The van der Waals surface area contributed by atoms with E-state index in [2.05, 4.69) is 6.92 Å². The van der Waals surface area contributed by atoms with E-state index in [0.717, 1.165) is 25.9 Å². The highest BCUT2D eigenvalue weighted by molar-refractivity contribution is 5.03. The molecular formula is C16H28O5. The Balaban J connectivity index is 1.77. The first-order chi connectivity index (χ1) is 9.81. The summed E-state index contributed by atoms with van der Waals surface area (Å²) in [6.45, 7) is 10.7. The monoisotopic (exact) mass is 300 g/mol. The van der Waals surface area contributed by atoms with Crippen molar-refractivity contribution < 1.29 is 23.7 Å². The summed E-state index contributed by atoms with van der Waals surface area (Å²) in [5.74, 6) is -1.12. The molecule has 0 N–H and O–H groups in total. The first-order valence-corrected chi connectivity index (χ1v) is 8.14. The average Bonchev–Trinajstić information content (AvgIpc) is 2.82. The molecule has 0 radical (unpaired) electrons. The van der Waals surface area contributed by atoms with E-state index in [4.69, 9.17) is 23.7 Å². The van der Waals surface area contributed by atoms with Gasteiger partial charge in [-0.25, -0.2) is 0 Å². The molecule has 1 unspecified atom stereocenters. The zero-order valence-corrected chi connectivity index (χ0v) is 13.8. The minimum Gasteiger partial charge on any atom is -0.373 e. The summed E-state index contributed by atoms with van der Waals surface area (Å²) in [7, 11) is 0. The molecule has 0 amide bonds. The lowest BCUT2D eigenvalue weighted by molar-refractivity contribution is -0.188. The van der Waals surface area contributed by atoms with E-state index in [1.54, 1.807) is 0 Å². The lowest BCUT2D eigenvalue weighted by Crippen LogP contribution is -2.54. The molecule has 21 heavy (non-hydrogen) atoms. The minimum absolute atomic E-state index is 0.0189. The van der Waals surface area contributed by atoms with Gasteiger partial charge in [0.2, 0.25) is 0 Å². The highest BCUT2D eigenvalue weighted by atomic mass is 16.8. The second-order valence-electron chi connectivity index (χ2n) is 7.20. The lowest BCUT2D eigenvalue weighted by atomic mass is 9.87. The summed E-state index contributed by atoms with van der Waals surface area (Å²) in [5.41, 5.74) is 0. The molecule has 2 heterocycles. The fourth-order valence-corrected chi connectivity index (χ4v) is 3.62. The first kappa shape index (κ1) is 15.7. The molecule has 1 aliphatic carbocycles. The highest BCUT2D eigenvalue weighted by Gasteiger charge is 2.59. The SMILES string of the molecule is CCCCOC1[C@H]2OC(C)(C)O[C@@H]2C[C@@H]2OC(C)(C)O[C@@H]12. The Hall–Kier alpha value is -0.200. The van der Waals surface area contributed by atoms with Gasteiger partial charge in [-0.05, 0) is 34.1 Å². The number of unbranched alkanes of at least 4 members (excludes halogenated alkanes) is 1. The maximum Gasteiger partial charge on any atom is 0.163 e. The largest absolute Gasteiger partial charge is 0.373 e. The van der Waals surface area contributed by atoms with Gasteiger partial charge >= 0.3 is 0 Å². The van der Waals surface area contributed by atoms with Gasteiger partial charge in [-0.15, -0.1) is 0 Å². The Morgan fingerprint density at radius 2 is 1.43 bits per heavy atom. The third kappa shape index (κ3) is 3.13. The van der Waals surface area contributed by atoms with Crippen LogP contribution in [-0.2, 0) is 23.7 Å². The Morgan fingerprint density at radius 3 is 1.90 bits per heavy atom. The molecule has 1 saturated carbocycles. The fourth-order valence-electron chi connectivity index (χ4n) is 3.62. The van der Waals surface area contributed by atoms with Crippen molar-refractivity contribution in [3.63, 3.8) is 0 Å². The van der Waals surface area contributed by atoms with E-state index in [1.807, 2.05) is 27.7 Å². The molecule has 2 saturated heterocycles. The molecule has 0 aromatic rings. The maximum atomic E-state index is 6.13. The number of rotatable bonds is 4. The van der Waals surface area contributed by atoms with Gasteiger partial charge in [0.15, 0.2) is 11.6 Å². The van der Waals surface area contributed by atoms with Gasteiger partial charge in [-0.2, -0.15) is 0 Å². The maximum absolute atomic E-state index is 6.13. The number of hydrogen-bond donors (Lipinski definition) is 0. The van der Waals surface area contributed by atoms with Gasteiger partial charge in [0.1, 0.15) is 18.3 Å². The van der Waals surface area contributed by atoms with Crippen LogP contribution >= 0.6 is 0 Å². The smallest absolute Gasteiger partial charge is 0.163 e. The number of hydrogen-bond acceptors (Lipinski definition) is 5. The summed E-state index contributed by atoms with van der Waals surface area (Å²) in [6, 6.07) is 0. The second kappa shape index (κ2) is 5.46. The fraction of sp³-hybridized carbons (Fsp3) is 1.00. The molecule has 2 aliphatic heterocycles. The van der Waals surface area contributed by atoms with Crippen molar-refractivity contribution >= 4 is 0 Å². The first-order valence-electron chi connectivity index (χ1n) is 8.14. The molecule has 5 heteroatoms. The van der Waals surface area contributed by atoms with Gasteiger partial charge < -0.3 is 23.7 Å². The van der Waals surface area contributed by atoms with Crippen molar-refractivity contribution in [1.29, 1.82) is 0 Å². The van der Waals surface area contributed by atoms with Crippen molar-refractivity contribution in [2.75, 3.05) is 6.61 Å². The second-order valence-corrected chi connectivity index (χ2v) is 7.20. The normalized spacial score (nSPS) is 43.6. The quantitative estimate of drug-likeness (QED) is 0.747. The van der Waals surface area contributed by atoms with E-state index in [-0.39, 0.29) is 30.5 Å². The van der Waals surface area contributed by atoms with Crippen molar-refractivity contribution in [2.24, 2.45) is 0 Å². The van der Waals surface area contributed by atoms with Crippen molar-refractivity contribution in [1.82, 2.24) is 0 Å². The van der Waals surface area contributed by atoms with Gasteiger partial charge in [0.05, 0.1) is 12.2 Å². The van der Waals surface area contributed by atoms with Crippen molar-refractivity contribution in [3.05, 3.63) is 0 Å². The average molecular weight is 300 g/mol. The predicted octanol–water partition coefficient (Wildman–Crippen LogP) is 2.62. The zero-order chi connectivity index (χ0) is 15.3.